The quantitative estimate of drug-likeness (QED) is 0.499. The van der Waals surface area contributed by atoms with Gasteiger partial charge in [-0.2, -0.15) is 0 Å². The summed E-state index contributed by atoms with van der Waals surface area (Å²) >= 11 is 0. The Morgan fingerprint density at radius 1 is 1.75 bits per heavy atom. The van der Waals surface area contributed by atoms with Crippen molar-refractivity contribution < 1.29 is 14.6 Å². The third kappa shape index (κ3) is 4.13. The smallest absolute Gasteiger partial charge is 0.308 e. The van der Waals surface area contributed by atoms with Gasteiger partial charge in [-0.05, 0) is 12.3 Å². The standard InChI is InChI=1S/C9H16O3/c1-4-5-7(2)8(10)6-9(11)12-3/h4,7-8,10H,1,5-6H2,2-3H3/t7-,8+/m0/s1. The first kappa shape index (κ1) is 11.2. The van der Waals surface area contributed by atoms with Crippen molar-refractivity contribution in [2.24, 2.45) is 5.92 Å². The second-order valence-electron chi connectivity index (χ2n) is 2.85. The van der Waals surface area contributed by atoms with Crippen LogP contribution < -0.4 is 0 Å². The summed E-state index contributed by atoms with van der Waals surface area (Å²) in [6, 6.07) is 0. The minimum atomic E-state index is -0.629. The highest BCUT2D eigenvalue weighted by atomic mass is 16.5. The minimum absolute atomic E-state index is 0.0570. The molecule has 0 aromatic rings. The van der Waals surface area contributed by atoms with Crippen LogP contribution in [0.5, 0.6) is 0 Å². The van der Waals surface area contributed by atoms with E-state index >= 15 is 0 Å². The summed E-state index contributed by atoms with van der Waals surface area (Å²) in [7, 11) is 1.31. The zero-order valence-electron chi connectivity index (χ0n) is 7.62. The Morgan fingerprint density at radius 3 is 2.75 bits per heavy atom. The number of carbonyl (C=O) groups excluding carboxylic acids is 1. The lowest BCUT2D eigenvalue weighted by molar-refractivity contribution is -0.143. The zero-order chi connectivity index (χ0) is 9.56. The van der Waals surface area contributed by atoms with Crippen LogP contribution in [0.1, 0.15) is 19.8 Å². The van der Waals surface area contributed by atoms with Gasteiger partial charge in [-0.25, -0.2) is 0 Å². The predicted octanol–water partition coefficient (Wildman–Crippen LogP) is 1.12. The van der Waals surface area contributed by atoms with Gasteiger partial charge >= 0.3 is 5.97 Å². The van der Waals surface area contributed by atoms with Crippen LogP contribution in [-0.4, -0.2) is 24.3 Å². The molecule has 12 heavy (non-hydrogen) atoms. The average Bonchev–Trinajstić information content (AvgIpc) is 2.04. The minimum Gasteiger partial charge on any atom is -0.469 e. The van der Waals surface area contributed by atoms with E-state index < -0.39 is 6.10 Å². The molecule has 0 unspecified atom stereocenters. The second-order valence-corrected chi connectivity index (χ2v) is 2.85. The summed E-state index contributed by atoms with van der Waals surface area (Å²) in [6.45, 7) is 5.43. The van der Waals surface area contributed by atoms with Gasteiger partial charge in [-0.1, -0.05) is 13.0 Å². The maximum absolute atomic E-state index is 10.7. The molecule has 0 aliphatic carbocycles. The molecule has 0 heterocycles. The van der Waals surface area contributed by atoms with Crippen LogP contribution in [0.25, 0.3) is 0 Å². The van der Waals surface area contributed by atoms with E-state index in [1.165, 1.54) is 7.11 Å². The molecule has 1 N–H and O–H groups in total. The van der Waals surface area contributed by atoms with E-state index in [1.54, 1.807) is 6.08 Å². The van der Waals surface area contributed by atoms with E-state index in [9.17, 15) is 9.90 Å². The lowest BCUT2D eigenvalue weighted by Crippen LogP contribution is -2.21. The zero-order valence-corrected chi connectivity index (χ0v) is 7.62. The second kappa shape index (κ2) is 5.77. The molecule has 0 spiro atoms. The molecule has 0 saturated carbocycles. The summed E-state index contributed by atoms with van der Waals surface area (Å²) in [5, 5.41) is 9.40. The Labute approximate surface area is 73.0 Å². The first-order chi connectivity index (χ1) is 5.61. The predicted molar refractivity (Wildman–Crippen MR) is 46.6 cm³/mol. The fourth-order valence-corrected chi connectivity index (χ4v) is 0.875. The van der Waals surface area contributed by atoms with Gasteiger partial charge in [0, 0.05) is 0 Å². The van der Waals surface area contributed by atoms with E-state index in [2.05, 4.69) is 11.3 Å². The number of carbonyl (C=O) groups is 1. The van der Waals surface area contributed by atoms with Crippen molar-refractivity contribution in [1.82, 2.24) is 0 Å². The van der Waals surface area contributed by atoms with Crippen LogP contribution in [0, 0.1) is 5.92 Å². The normalized spacial score (nSPS) is 14.9. The molecule has 3 heteroatoms. The Hall–Kier alpha value is -0.830. The molecular weight excluding hydrogens is 156 g/mol. The largest absolute Gasteiger partial charge is 0.469 e. The van der Waals surface area contributed by atoms with E-state index in [0.717, 1.165) is 0 Å². The van der Waals surface area contributed by atoms with E-state index in [0.29, 0.717) is 6.42 Å². The van der Waals surface area contributed by atoms with Crippen LogP contribution in [0.3, 0.4) is 0 Å². The number of aliphatic hydroxyl groups is 1. The fourth-order valence-electron chi connectivity index (χ4n) is 0.875. The number of hydrogen-bond acceptors (Lipinski definition) is 3. The van der Waals surface area contributed by atoms with Crippen LogP contribution in [0.15, 0.2) is 12.7 Å². The van der Waals surface area contributed by atoms with Crippen molar-refractivity contribution in [1.29, 1.82) is 0 Å². The Bertz CT molecular complexity index is 154. The Kier molecular flexibility index (Phi) is 5.37. The molecule has 70 valence electrons. The van der Waals surface area contributed by atoms with Gasteiger partial charge in [-0.3, -0.25) is 4.79 Å². The monoisotopic (exact) mass is 172 g/mol. The van der Waals surface area contributed by atoms with Gasteiger partial charge in [0.25, 0.3) is 0 Å². The lowest BCUT2D eigenvalue weighted by Gasteiger charge is -2.15. The SMILES string of the molecule is C=CC[C@H](C)[C@H](O)CC(=O)OC. The van der Waals surface area contributed by atoms with Crippen molar-refractivity contribution in [2.75, 3.05) is 7.11 Å². The van der Waals surface area contributed by atoms with Crippen molar-refractivity contribution >= 4 is 5.97 Å². The number of esters is 1. The van der Waals surface area contributed by atoms with E-state index in [1.807, 2.05) is 6.92 Å². The maximum Gasteiger partial charge on any atom is 0.308 e. The number of aliphatic hydroxyl groups excluding tert-OH is 1. The molecule has 3 nitrogen and oxygen atoms in total. The topological polar surface area (TPSA) is 46.5 Å². The van der Waals surface area contributed by atoms with Gasteiger partial charge in [0.15, 0.2) is 0 Å². The summed E-state index contributed by atoms with van der Waals surface area (Å²) in [6.07, 6.45) is 1.87. The first-order valence-corrected chi connectivity index (χ1v) is 3.97. The van der Waals surface area contributed by atoms with Crippen molar-refractivity contribution in [3.05, 3.63) is 12.7 Å². The molecule has 0 rings (SSSR count). The average molecular weight is 172 g/mol. The van der Waals surface area contributed by atoms with Crippen LogP contribution in [-0.2, 0) is 9.53 Å². The molecule has 0 fully saturated rings. The van der Waals surface area contributed by atoms with Crippen LogP contribution in [0.2, 0.25) is 0 Å². The third-order valence-corrected chi connectivity index (χ3v) is 1.80. The molecule has 0 aromatic heterocycles. The molecule has 0 amide bonds. The van der Waals surface area contributed by atoms with Gasteiger partial charge < -0.3 is 9.84 Å². The molecular formula is C9H16O3. The number of rotatable bonds is 5. The number of hydrogen-bond donors (Lipinski definition) is 1. The van der Waals surface area contributed by atoms with Crippen molar-refractivity contribution in [3.8, 4) is 0 Å². The summed E-state index contributed by atoms with van der Waals surface area (Å²) in [5.41, 5.74) is 0. The molecule has 0 aliphatic rings. The van der Waals surface area contributed by atoms with Crippen molar-refractivity contribution in [3.63, 3.8) is 0 Å². The number of methoxy groups -OCH3 is 1. The summed E-state index contributed by atoms with van der Waals surface area (Å²) in [5.74, 6) is -0.319. The van der Waals surface area contributed by atoms with E-state index in [-0.39, 0.29) is 18.3 Å². The Morgan fingerprint density at radius 2 is 2.33 bits per heavy atom. The van der Waals surface area contributed by atoms with Gasteiger partial charge in [0.2, 0.25) is 0 Å². The fraction of sp³-hybridized carbons (Fsp3) is 0.667. The highest BCUT2D eigenvalue weighted by Crippen LogP contribution is 2.11. The molecule has 0 aliphatic heterocycles. The molecule has 2 atom stereocenters. The van der Waals surface area contributed by atoms with Crippen molar-refractivity contribution in [2.45, 2.75) is 25.9 Å². The highest BCUT2D eigenvalue weighted by molar-refractivity contribution is 5.69. The summed E-state index contributed by atoms with van der Waals surface area (Å²) < 4.78 is 4.42. The van der Waals surface area contributed by atoms with Crippen LogP contribution in [0.4, 0.5) is 0 Å². The summed E-state index contributed by atoms with van der Waals surface area (Å²) in [4.78, 5) is 10.7. The molecule has 0 radical (unpaired) electrons. The molecule has 0 bridgehead atoms. The number of ether oxygens (including phenoxy) is 1. The maximum atomic E-state index is 10.7. The highest BCUT2D eigenvalue weighted by Gasteiger charge is 2.16. The molecule has 0 saturated heterocycles. The third-order valence-electron chi connectivity index (χ3n) is 1.80. The van der Waals surface area contributed by atoms with Gasteiger partial charge in [0.05, 0.1) is 19.6 Å². The Balaban J connectivity index is 3.77. The van der Waals surface area contributed by atoms with Crippen LogP contribution >= 0.6 is 0 Å². The van der Waals surface area contributed by atoms with Gasteiger partial charge in [0.1, 0.15) is 0 Å². The molecule has 0 aromatic carbocycles. The van der Waals surface area contributed by atoms with Gasteiger partial charge in [-0.15, -0.1) is 6.58 Å². The first-order valence-electron chi connectivity index (χ1n) is 3.97. The van der Waals surface area contributed by atoms with E-state index in [4.69, 9.17) is 0 Å². The lowest BCUT2D eigenvalue weighted by atomic mass is 9.99. The number of allylic oxidation sites excluding steroid dienone is 1.